The highest BCUT2D eigenvalue weighted by molar-refractivity contribution is 5.25. The number of nitrogens with one attached hydrogen (secondary N) is 1. The van der Waals surface area contributed by atoms with Crippen molar-refractivity contribution in [2.24, 2.45) is 0 Å². The van der Waals surface area contributed by atoms with E-state index in [9.17, 15) is 0 Å². The van der Waals surface area contributed by atoms with Gasteiger partial charge in [0.1, 0.15) is 0 Å². The summed E-state index contributed by atoms with van der Waals surface area (Å²) in [6.45, 7) is 12.0. The molecule has 2 nitrogen and oxygen atoms in total. The van der Waals surface area contributed by atoms with Crippen molar-refractivity contribution in [2.45, 2.75) is 45.4 Å². The summed E-state index contributed by atoms with van der Waals surface area (Å²) in [6, 6.07) is 4.34. The van der Waals surface area contributed by atoms with Gasteiger partial charge in [0.25, 0.3) is 0 Å². The Morgan fingerprint density at radius 3 is 2.12 bits per heavy atom. The highest BCUT2D eigenvalue weighted by Gasteiger charge is 2.21. The molecule has 0 radical (unpaired) electrons. The largest absolute Gasteiger partial charge is 0.319 e. The normalized spacial score (nSPS) is 12.9. The maximum Gasteiger partial charge on any atom is 0.0457 e. The fraction of sp³-hybridized carbons (Fsp3) is 0.643. The van der Waals surface area contributed by atoms with E-state index in [2.05, 4.69) is 57.1 Å². The van der Waals surface area contributed by atoms with Gasteiger partial charge in [0, 0.05) is 29.3 Å². The molecule has 0 saturated heterocycles. The fourth-order valence-corrected chi connectivity index (χ4v) is 1.78. The molecule has 0 aliphatic heterocycles. The molecule has 0 aliphatic rings. The zero-order valence-corrected chi connectivity index (χ0v) is 11.4. The van der Waals surface area contributed by atoms with Crippen molar-refractivity contribution in [3.63, 3.8) is 0 Å². The fourth-order valence-electron chi connectivity index (χ4n) is 1.78. The van der Waals surface area contributed by atoms with Crippen LogP contribution in [0.3, 0.4) is 0 Å². The Hall–Kier alpha value is -0.890. The van der Waals surface area contributed by atoms with E-state index in [0.29, 0.717) is 0 Å². The first-order valence-corrected chi connectivity index (χ1v) is 5.89. The predicted molar refractivity (Wildman–Crippen MR) is 69.9 cm³/mol. The standard InChI is InChI=1S/C14H24N2/c1-13(2,3)12-8-7-11(9-16-12)14(4,5)10-15-6/h7-9,15H,10H2,1-6H3. The van der Waals surface area contributed by atoms with Crippen LogP contribution < -0.4 is 5.32 Å². The Balaban J connectivity index is 2.95. The Labute approximate surface area is 99.5 Å². The lowest BCUT2D eigenvalue weighted by atomic mass is 9.84. The summed E-state index contributed by atoms with van der Waals surface area (Å²) in [6.07, 6.45) is 2.01. The lowest BCUT2D eigenvalue weighted by Gasteiger charge is -2.26. The van der Waals surface area contributed by atoms with Crippen molar-refractivity contribution >= 4 is 0 Å². The molecule has 1 rings (SSSR count). The number of rotatable bonds is 3. The maximum atomic E-state index is 4.57. The molecule has 0 saturated carbocycles. The summed E-state index contributed by atoms with van der Waals surface area (Å²) < 4.78 is 0. The first-order valence-electron chi connectivity index (χ1n) is 5.89. The monoisotopic (exact) mass is 220 g/mol. The van der Waals surface area contributed by atoms with Crippen molar-refractivity contribution in [3.8, 4) is 0 Å². The van der Waals surface area contributed by atoms with Crippen LogP contribution in [0.2, 0.25) is 0 Å². The second-order valence-corrected chi connectivity index (χ2v) is 6.10. The summed E-state index contributed by atoms with van der Waals surface area (Å²) in [4.78, 5) is 4.57. The van der Waals surface area contributed by atoms with Crippen LogP contribution in [0, 0.1) is 0 Å². The van der Waals surface area contributed by atoms with Crippen LogP contribution in [0.5, 0.6) is 0 Å². The summed E-state index contributed by atoms with van der Waals surface area (Å²) >= 11 is 0. The van der Waals surface area contributed by atoms with Crippen molar-refractivity contribution in [3.05, 3.63) is 29.6 Å². The van der Waals surface area contributed by atoms with Gasteiger partial charge >= 0.3 is 0 Å². The summed E-state index contributed by atoms with van der Waals surface area (Å²) in [5, 5.41) is 3.22. The van der Waals surface area contributed by atoms with Gasteiger partial charge in [-0.15, -0.1) is 0 Å². The molecule has 0 aliphatic carbocycles. The topological polar surface area (TPSA) is 24.9 Å². The second kappa shape index (κ2) is 4.54. The Bertz CT molecular complexity index is 331. The number of hydrogen-bond donors (Lipinski definition) is 1. The summed E-state index contributed by atoms with van der Waals surface area (Å²) in [5.41, 5.74) is 2.70. The van der Waals surface area contributed by atoms with Gasteiger partial charge in [0.15, 0.2) is 0 Å². The molecule has 1 aromatic rings. The minimum Gasteiger partial charge on any atom is -0.319 e. The van der Waals surface area contributed by atoms with Crippen molar-refractivity contribution in [1.82, 2.24) is 10.3 Å². The molecule has 0 fully saturated rings. The van der Waals surface area contributed by atoms with Crippen LogP contribution in [0.25, 0.3) is 0 Å². The predicted octanol–water partition coefficient (Wildman–Crippen LogP) is 2.88. The third-order valence-corrected chi connectivity index (χ3v) is 2.93. The zero-order chi connectivity index (χ0) is 12.4. The average molecular weight is 220 g/mol. The number of hydrogen-bond acceptors (Lipinski definition) is 2. The van der Waals surface area contributed by atoms with Crippen LogP contribution in [0.4, 0.5) is 0 Å². The lowest BCUT2D eigenvalue weighted by molar-refractivity contribution is 0.489. The average Bonchev–Trinajstić information content (AvgIpc) is 2.16. The van der Waals surface area contributed by atoms with Gasteiger partial charge in [0.05, 0.1) is 0 Å². The molecule has 1 aromatic heterocycles. The second-order valence-electron chi connectivity index (χ2n) is 6.10. The number of likely N-dealkylation sites (N-methyl/N-ethyl adjacent to an activating group) is 1. The van der Waals surface area contributed by atoms with Crippen LogP contribution in [-0.4, -0.2) is 18.6 Å². The van der Waals surface area contributed by atoms with Gasteiger partial charge in [-0.2, -0.15) is 0 Å². The molecular formula is C14H24N2. The molecule has 0 bridgehead atoms. The molecule has 0 atom stereocenters. The van der Waals surface area contributed by atoms with Gasteiger partial charge in [-0.1, -0.05) is 40.7 Å². The summed E-state index contributed by atoms with van der Waals surface area (Å²) in [7, 11) is 1.98. The lowest BCUT2D eigenvalue weighted by Crippen LogP contribution is -2.31. The van der Waals surface area contributed by atoms with Crippen LogP contribution in [-0.2, 0) is 10.8 Å². The van der Waals surface area contributed by atoms with Gasteiger partial charge in [-0.25, -0.2) is 0 Å². The molecule has 0 spiro atoms. The van der Waals surface area contributed by atoms with Crippen molar-refractivity contribution < 1.29 is 0 Å². The number of nitrogens with zero attached hydrogens (tertiary/aromatic N) is 1. The van der Waals surface area contributed by atoms with E-state index in [-0.39, 0.29) is 10.8 Å². The van der Waals surface area contributed by atoms with Gasteiger partial charge in [-0.05, 0) is 18.7 Å². The van der Waals surface area contributed by atoms with Gasteiger partial charge in [0.2, 0.25) is 0 Å². The quantitative estimate of drug-likeness (QED) is 0.847. The van der Waals surface area contributed by atoms with Gasteiger partial charge < -0.3 is 5.32 Å². The highest BCUT2D eigenvalue weighted by Crippen LogP contribution is 2.25. The Morgan fingerprint density at radius 2 is 1.75 bits per heavy atom. The van der Waals surface area contributed by atoms with E-state index in [1.165, 1.54) is 5.56 Å². The molecule has 1 N–H and O–H groups in total. The number of aromatic nitrogens is 1. The van der Waals surface area contributed by atoms with Crippen molar-refractivity contribution in [1.29, 1.82) is 0 Å². The SMILES string of the molecule is CNCC(C)(C)c1ccc(C(C)(C)C)nc1. The van der Waals surface area contributed by atoms with E-state index in [4.69, 9.17) is 0 Å². The summed E-state index contributed by atoms with van der Waals surface area (Å²) in [5.74, 6) is 0. The highest BCUT2D eigenvalue weighted by atomic mass is 14.8. The van der Waals surface area contributed by atoms with Gasteiger partial charge in [-0.3, -0.25) is 4.98 Å². The zero-order valence-electron chi connectivity index (χ0n) is 11.4. The first kappa shape index (κ1) is 13.2. The minimum absolute atomic E-state index is 0.131. The van der Waals surface area contributed by atoms with Crippen LogP contribution >= 0.6 is 0 Å². The van der Waals surface area contributed by atoms with E-state index in [1.807, 2.05) is 13.2 Å². The van der Waals surface area contributed by atoms with E-state index < -0.39 is 0 Å². The number of pyridine rings is 1. The van der Waals surface area contributed by atoms with E-state index >= 15 is 0 Å². The smallest absolute Gasteiger partial charge is 0.0457 e. The third kappa shape index (κ3) is 3.05. The van der Waals surface area contributed by atoms with E-state index in [1.54, 1.807) is 0 Å². The molecule has 0 aromatic carbocycles. The molecular weight excluding hydrogens is 196 g/mol. The molecule has 90 valence electrons. The minimum atomic E-state index is 0.131. The molecule has 0 amide bonds. The van der Waals surface area contributed by atoms with Crippen molar-refractivity contribution in [2.75, 3.05) is 13.6 Å². The van der Waals surface area contributed by atoms with E-state index in [0.717, 1.165) is 12.2 Å². The molecule has 0 unspecified atom stereocenters. The molecule has 1 heterocycles. The van der Waals surface area contributed by atoms with Crippen LogP contribution in [0.1, 0.15) is 45.9 Å². The Kier molecular flexibility index (Phi) is 3.74. The Morgan fingerprint density at radius 1 is 1.12 bits per heavy atom. The molecule has 16 heavy (non-hydrogen) atoms. The van der Waals surface area contributed by atoms with Crippen LogP contribution in [0.15, 0.2) is 18.3 Å². The first-order chi connectivity index (χ1) is 7.27. The third-order valence-electron chi connectivity index (χ3n) is 2.93. The maximum absolute atomic E-state index is 4.57. The molecule has 2 heteroatoms.